The van der Waals surface area contributed by atoms with E-state index >= 15 is 0 Å². The number of carbonyl (C=O) groups excluding carboxylic acids is 2. The summed E-state index contributed by atoms with van der Waals surface area (Å²) in [7, 11) is 0. The third-order valence-electron chi connectivity index (χ3n) is 5.12. The lowest BCUT2D eigenvalue weighted by molar-refractivity contribution is -0.116. The molecule has 0 aliphatic rings. The molecule has 4 rings (SSSR count). The van der Waals surface area contributed by atoms with Gasteiger partial charge in [-0.3, -0.25) is 23.5 Å². The van der Waals surface area contributed by atoms with Crippen LogP contribution in [0.15, 0.2) is 76.4 Å². The van der Waals surface area contributed by atoms with Crippen molar-refractivity contribution in [3.05, 3.63) is 104 Å². The van der Waals surface area contributed by atoms with E-state index in [4.69, 9.17) is 11.6 Å². The number of carbonyl (C=O) groups is 2. The fraction of sp³-hybridized carbons (Fsp3) is 0.125. The summed E-state index contributed by atoms with van der Waals surface area (Å²) in [6, 6.07) is 16.4. The lowest BCUT2D eigenvalue weighted by atomic mass is 10.1. The molecule has 2 heterocycles. The van der Waals surface area contributed by atoms with Gasteiger partial charge in [0.15, 0.2) is 11.3 Å². The van der Waals surface area contributed by atoms with E-state index in [-0.39, 0.29) is 29.9 Å². The maximum atomic E-state index is 13.2. The van der Waals surface area contributed by atoms with E-state index < -0.39 is 17.2 Å². The van der Waals surface area contributed by atoms with Crippen LogP contribution < -0.4 is 16.6 Å². The van der Waals surface area contributed by atoms with Crippen molar-refractivity contribution >= 4 is 40.0 Å². The third-order valence-corrected chi connectivity index (χ3v) is 5.37. The van der Waals surface area contributed by atoms with Crippen molar-refractivity contribution in [1.29, 1.82) is 0 Å². The summed E-state index contributed by atoms with van der Waals surface area (Å²) in [6.07, 6.45) is 1.46. The number of pyridine rings is 1. The SMILES string of the molecule is CC(=O)c1ccc(NC(=O)Cn2c(=O)n(Cc3ccc(Cl)cc3)c(=O)c3ncccc32)cc1. The topological polar surface area (TPSA) is 103 Å². The number of hydrogen-bond acceptors (Lipinski definition) is 5. The second-order valence-electron chi connectivity index (χ2n) is 7.44. The molecule has 0 fully saturated rings. The minimum Gasteiger partial charge on any atom is -0.325 e. The van der Waals surface area contributed by atoms with E-state index in [1.165, 1.54) is 17.7 Å². The molecule has 166 valence electrons. The molecule has 0 aliphatic heterocycles. The van der Waals surface area contributed by atoms with Crippen molar-refractivity contribution in [2.24, 2.45) is 0 Å². The van der Waals surface area contributed by atoms with Gasteiger partial charge in [0.05, 0.1) is 12.1 Å². The maximum absolute atomic E-state index is 13.2. The molecule has 0 saturated heterocycles. The molecule has 8 nitrogen and oxygen atoms in total. The predicted molar refractivity (Wildman–Crippen MR) is 126 cm³/mol. The minimum absolute atomic E-state index is 0.00940. The number of ketones is 1. The normalized spacial score (nSPS) is 10.8. The molecule has 1 amide bonds. The minimum atomic E-state index is -0.627. The van der Waals surface area contributed by atoms with Gasteiger partial charge in [-0.2, -0.15) is 0 Å². The number of Topliss-reactive ketones (excluding diaryl/α,β-unsaturated/α-hetero) is 1. The first-order chi connectivity index (χ1) is 15.8. The van der Waals surface area contributed by atoms with Crippen molar-refractivity contribution in [1.82, 2.24) is 14.1 Å². The van der Waals surface area contributed by atoms with Crippen LogP contribution in [0.4, 0.5) is 5.69 Å². The Balaban J connectivity index is 1.69. The predicted octanol–water partition coefficient (Wildman–Crippen LogP) is 3.10. The van der Waals surface area contributed by atoms with Gasteiger partial charge in [0.25, 0.3) is 5.56 Å². The number of anilines is 1. The van der Waals surface area contributed by atoms with Crippen LogP contribution in [-0.2, 0) is 17.9 Å². The molecule has 0 radical (unpaired) electrons. The van der Waals surface area contributed by atoms with Crippen molar-refractivity contribution in [2.45, 2.75) is 20.0 Å². The zero-order valence-corrected chi connectivity index (χ0v) is 18.4. The second-order valence-corrected chi connectivity index (χ2v) is 7.88. The Hall–Kier alpha value is -4.04. The van der Waals surface area contributed by atoms with Crippen LogP contribution >= 0.6 is 11.6 Å². The van der Waals surface area contributed by atoms with Gasteiger partial charge in [0.2, 0.25) is 5.91 Å². The fourth-order valence-electron chi connectivity index (χ4n) is 3.44. The first-order valence-electron chi connectivity index (χ1n) is 10.1. The third kappa shape index (κ3) is 4.75. The zero-order valence-electron chi connectivity index (χ0n) is 17.6. The van der Waals surface area contributed by atoms with Gasteiger partial charge in [-0.15, -0.1) is 0 Å². The standard InChI is InChI=1S/C24H19ClN4O4/c1-15(30)17-6-10-19(11-7-17)27-21(31)14-28-20-3-2-12-26-22(20)23(32)29(24(28)33)13-16-4-8-18(25)9-5-16/h2-12H,13-14H2,1H3,(H,27,31). The van der Waals surface area contributed by atoms with Gasteiger partial charge in [0.1, 0.15) is 6.54 Å². The Bertz CT molecular complexity index is 1470. The molecular weight excluding hydrogens is 444 g/mol. The lowest BCUT2D eigenvalue weighted by Crippen LogP contribution is -2.42. The largest absolute Gasteiger partial charge is 0.332 e. The first-order valence-corrected chi connectivity index (χ1v) is 10.4. The Morgan fingerprint density at radius 3 is 2.33 bits per heavy atom. The van der Waals surface area contributed by atoms with Crippen LogP contribution in [0.5, 0.6) is 0 Å². The Morgan fingerprint density at radius 1 is 0.970 bits per heavy atom. The van der Waals surface area contributed by atoms with E-state index in [0.29, 0.717) is 21.8 Å². The molecule has 2 aromatic carbocycles. The molecule has 0 aliphatic carbocycles. The second kappa shape index (κ2) is 9.22. The Labute approximate surface area is 193 Å². The summed E-state index contributed by atoms with van der Waals surface area (Å²) in [5.41, 5.74) is 0.895. The van der Waals surface area contributed by atoms with Crippen LogP contribution in [0.2, 0.25) is 5.02 Å². The average Bonchev–Trinajstić information content (AvgIpc) is 2.81. The summed E-state index contributed by atoms with van der Waals surface area (Å²) in [5.74, 6) is -0.545. The summed E-state index contributed by atoms with van der Waals surface area (Å²) < 4.78 is 2.27. The first kappa shape index (κ1) is 22.2. The monoisotopic (exact) mass is 462 g/mol. The van der Waals surface area contributed by atoms with Gasteiger partial charge >= 0.3 is 5.69 Å². The number of benzene rings is 2. The van der Waals surface area contributed by atoms with E-state index in [9.17, 15) is 19.2 Å². The number of fused-ring (bicyclic) bond motifs is 1. The fourth-order valence-corrected chi connectivity index (χ4v) is 3.57. The molecule has 2 aromatic heterocycles. The van der Waals surface area contributed by atoms with E-state index in [1.54, 1.807) is 60.7 Å². The number of nitrogens with one attached hydrogen (secondary N) is 1. The van der Waals surface area contributed by atoms with E-state index in [2.05, 4.69) is 10.3 Å². The highest BCUT2D eigenvalue weighted by atomic mass is 35.5. The van der Waals surface area contributed by atoms with Gasteiger partial charge in [-0.05, 0) is 61.0 Å². The van der Waals surface area contributed by atoms with Crippen molar-refractivity contribution in [2.75, 3.05) is 5.32 Å². The van der Waals surface area contributed by atoms with Crippen LogP contribution in [0.25, 0.3) is 11.0 Å². The molecule has 33 heavy (non-hydrogen) atoms. The van der Waals surface area contributed by atoms with Gasteiger partial charge in [-0.1, -0.05) is 23.7 Å². The van der Waals surface area contributed by atoms with Crippen molar-refractivity contribution in [3.8, 4) is 0 Å². The van der Waals surface area contributed by atoms with Gasteiger partial charge < -0.3 is 5.32 Å². The van der Waals surface area contributed by atoms with Crippen molar-refractivity contribution < 1.29 is 9.59 Å². The van der Waals surface area contributed by atoms with Crippen LogP contribution in [0.1, 0.15) is 22.8 Å². The summed E-state index contributed by atoms with van der Waals surface area (Å²) in [4.78, 5) is 54.5. The number of hydrogen-bond donors (Lipinski definition) is 1. The molecule has 0 spiro atoms. The summed E-state index contributed by atoms with van der Waals surface area (Å²) >= 11 is 5.92. The van der Waals surface area contributed by atoms with E-state index in [0.717, 1.165) is 4.57 Å². The van der Waals surface area contributed by atoms with Gasteiger partial charge in [0, 0.05) is 22.5 Å². The number of rotatable bonds is 6. The average molecular weight is 463 g/mol. The van der Waals surface area contributed by atoms with Crippen LogP contribution in [0.3, 0.4) is 0 Å². The number of aromatic nitrogens is 3. The highest BCUT2D eigenvalue weighted by Gasteiger charge is 2.16. The molecule has 1 N–H and O–H groups in total. The van der Waals surface area contributed by atoms with Crippen LogP contribution in [-0.4, -0.2) is 25.8 Å². The summed E-state index contributed by atoms with van der Waals surface area (Å²) in [5, 5.41) is 3.24. The summed E-state index contributed by atoms with van der Waals surface area (Å²) in [6.45, 7) is 1.14. The van der Waals surface area contributed by atoms with Crippen molar-refractivity contribution in [3.63, 3.8) is 0 Å². The van der Waals surface area contributed by atoms with E-state index in [1.807, 2.05) is 0 Å². The highest BCUT2D eigenvalue weighted by molar-refractivity contribution is 6.30. The molecular formula is C24H19ClN4O4. The zero-order chi connectivity index (χ0) is 23.5. The maximum Gasteiger partial charge on any atom is 0.332 e. The molecule has 9 heteroatoms. The molecule has 0 bridgehead atoms. The highest BCUT2D eigenvalue weighted by Crippen LogP contribution is 2.12. The number of nitrogens with zero attached hydrogens (tertiary/aromatic N) is 3. The number of amides is 1. The Kier molecular flexibility index (Phi) is 6.19. The molecule has 0 unspecified atom stereocenters. The molecule has 4 aromatic rings. The van der Waals surface area contributed by atoms with Gasteiger partial charge in [-0.25, -0.2) is 9.78 Å². The molecule has 0 atom stereocenters. The quantitative estimate of drug-likeness (QED) is 0.443. The smallest absolute Gasteiger partial charge is 0.325 e. The Morgan fingerprint density at radius 2 is 1.67 bits per heavy atom. The van der Waals surface area contributed by atoms with Crippen LogP contribution in [0, 0.1) is 0 Å². The lowest BCUT2D eigenvalue weighted by Gasteiger charge is -2.14. The number of halogens is 1. The molecule has 0 saturated carbocycles.